The van der Waals surface area contributed by atoms with Gasteiger partial charge in [0.15, 0.2) is 0 Å². The number of carbonyl (C=O) groups is 1. The topological polar surface area (TPSA) is 44.4 Å². The summed E-state index contributed by atoms with van der Waals surface area (Å²) in [6, 6.07) is 7.67. The van der Waals surface area contributed by atoms with Gasteiger partial charge in [-0.3, -0.25) is 9.69 Å². The number of likely N-dealkylation sites (N-methyl/N-ethyl adjacent to an activating group) is 1. The number of hydrogen-bond acceptors (Lipinski definition) is 3. The van der Waals surface area contributed by atoms with E-state index in [-0.39, 0.29) is 18.3 Å². The Kier molecular flexibility index (Phi) is 7.30. The molecule has 2 N–H and O–H groups in total. The zero-order valence-corrected chi connectivity index (χ0v) is 13.1. The van der Waals surface area contributed by atoms with E-state index in [0.717, 1.165) is 25.2 Å². The lowest BCUT2D eigenvalue weighted by Gasteiger charge is -2.31. The number of carbonyl (C=O) groups excluding carboxylic acids is 1. The molecule has 1 aliphatic rings. The Morgan fingerprint density at radius 2 is 2.10 bits per heavy atom. The van der Waals surface area contributed by atoms with Crippen molar-refractivity contribution in [1.82, 2.24) is 10.2 Å². The number of anilines is 1. The minimum atomic E-state index is 0. The fourth-order valence-electron chi connectivity index (χ4n) is 2.37. The van der Waals surface area contributed by atoms with Gasteiger partial charge in [-0.1, -0.05) is 11.6 Å². The molecule has 0 aromatic heterocycles. The van der Waals surface area contributed by atoms with Crippen LogP contribution in [0.25, 0.3) is 0 Å². The lowest BCUT2D eigenvalue weighted by Crippen LogP contribution is -2.46. The van der Waals surface area contributed by atoms with Crippen LogP contribution in [0.3, 0.4) is 0 Å². The molecule has 1 amide bonds. The molecule has 1 aromatic carbocycles. The fraction of sp³-hybridized carbons (Fsp3) is 0.500. The zero-order valence-electron chi connectivity index (χ0n) is 11.6. The number of nitrogens with zero attached hydrogens (tertiary/aromatic N) is 1. The van der Waals surface area contributed by atoms with Gasteiger partial charge >= 0.3 is 0 Å². The van der Waals surface area contributed by atoms with Crippen molar-refractivity contribution in [3.05, 3.63) is 29.3 Å². The first-order valence-corrected chi connectivity index (χ1v) is 7.00. The Balaban J connectivity index is 0.00000200. The normalized spacial score (nSPS) is 19.2. The molecule has 0 spiro atoms. The standard InChI is InChI=1S/C14H20ClN3O.ClH/c1-16-13-3-2-8-18(9-13)10-14(19)17-12-6-4-11(15)5-7-12;/h4-7,13,16H,2-3,8-10H2,1H3,(H,17,19);1H. The third-order valence-electron chi connectivity index (χ3n) is 3.41. The number of amides is 1. The van der Waals surface area contributed by atoms with Gasteiger partial charge in [-0.25, -0.2) is 0 Å². The molecule has 1 atom stereocenters. The van der Waals surface area contributed by atoms with Gasteiger partial charge in [-0.2, -0.15) is 0 Å². The number of rotatable bonds is 4. The van der Waals surface area contributed by atoms with Crippen molar-refractivity contribution in [3.8, 4) is 0 Å². The Bertz CT molecular complexity index is 425. The van der Waals surface area contributed by atoms with Crippen molar-refractivity contribution in [3.63, 3.8) is 0 Å². The van der Waals surface area contributed by atoms with Crippen LogP contribution < -0.4 is 10.6 Å². The molecule has 1 saturated heterocycles. The summed E-state index contributed by atoms with van der Waals surface area (Å²) < 4.78 is 0. The first-order valence-electron chi connectivity index (χ1n) is 6.62. The Hall–Kier alpha value is -0.810. The molecule has 20 heavy (non-hydrogen) atoms. The molecule has 1 unspecified atom stereocenters. The first kappa shape index (κ1) is 17.2. The van der Waals surface area contributed by atoms with E-state index in [1.165, 1.54) is 6.42 Å². The van der Waals surface area contributed by atoms with Crippen LogP contribution in [0.2, 0.25) is 5.02 Å². The summed E-state index contributed by atoms with van der Waals surface area (Å²) >= 11 is 5.81. The van der Waals surface area contributed by atoms with Gasteiger partial charge in [-0.15, -0.1) is 12.4 Å². The fourth-order valence-corrected chi connectivity index (χ4v) is 2.50. The molecule has 0 bridgehead atoms. The summed E-state index contributed by atoms with van der Waals surface area (Å²) in [4.78, 5) is 14.1. The van der Waals surface area contributed by atoms with Gasteiger partial charge in [0.25, 0.3) is 0 Å². The predicted molar refractivity (Wildman–Crippen MR) is 85.9 cm³/mol. The number of nitrogens with one attached hydrogen (secondary N) is 2. The van der Waals surface area contributed by atoms with E-state index in [0.29, 0.717) is 17.6 Å². The molecular weight excluding hydrogens is 297 g/mol. The number of halogens is 2. The van der Waals surface area contributed by atoms with Crippen LogP contribution in [0.1, 0.15) is 12.8 Å². The van der Waals surface area contributed by atoms with Crippen LogP contribution >= 0.6 is 24.0 Å². The Morgan fingerprint density at radius 1 is 1.40 bits per heavy atom. The third-order valence-corrected chi connectivity index (χ3v) is 3.66. The smallest absolute Gasteiger partial charge is 0.238 e. The SMILES string of the molecule is CNC1CCCN(CC(=O)Nc2ccc(Cl)cc2)C1.Cl. The highest BCUT2D eigenvalue weighted by Gasteiger charge is 2.20. The molecule has 6 heteroatoms. The Morgan fingerprint density at radius 3 is 2.75 bits per heavy atom. The molecule has 0 radical (unpaired) electrons. The average Bonchev–Trinajstić information content (AvgIpc) is 2.41. The largest absolute Gasteiger partial charge is 0.325 e. The van der Waals surface area contributed by atoms with Crippen molar-refractivity contribution >= 4 is 35.6 Å². The van der Waals surface area contributed by atoms with E-state index < -0.39 is 0 Å². The quantitative estimate of drug-likeness (QED) is 0.896. The summed E-state index contributed by atoms with van der Waals surface area (Å²) in [5.74, 6) is 0.0269. The lowest BCUT2D eigenvalue weighted by molar-refractivity contribution is -0.117. The van der Waals surface area contributed by atoms with Gasteiger partial charge in [-0.05, 0) is 50.7 Å². The average molecular weight is 318 g/mol. The summed E-state index contributed by atoms with van der Waals surface area (Å²) in [7, 11) is 1.97. The van der Waals surface area contributed by atoms with E-state index in [1.54, 1.807) is 12.1 Å². The summed E-state index contributed by atoms with van der Waals surface area (Å²) in [6.45, 7) is 2.37. The molecule has 1 aromatic rings. The monoisotopic (exact) mass is 317 g/mol. The second-order valence-electron chi connectivity index (χ2n) is 4.92. The molecule has 2 rings (SSSR count). The number of hydrogen-bond donors (Lipinski definition) is 2. The lowest BCUT2D eigenvalue weighted by atomic mass is 10.1. The number of benzene rings is 1. The van der Waals surface area contributed by atoms with E-state index >= 15 is 0 Å². The highest BCUT2D eigenvalue weighted by molar-refractivity contribution is 6.30. The van der Waals surface area contributed by atoms with Gasteiger partial charge < -0.3 is 10.6 Å². The molecule has 0 saturated carbocycles. The minimum absolute atomic E-state index is 0. The van der Waals surface area contributed by atoms with Crippen molar-refractivity contribution in [2.75, 3.05) is 32.0 Å². The minimum Gasteiger partial charge on any atom is -0.325 e. The van der Waals surface area contributed by atoms with E-state index in [2.05, 4.69) is 15.5 Å². The van der Waals surface area contributed by atoms with Crippen molar-refractivity contribution in [2.45, 2.75) is 18.9 Å². The predicted octanol–water partition coefficient (Wildman–Crippen LogP) is 2.38. The molecule has 1 aliphatic heterocycles. The number of likely N-dealkylation sites (tertiary alicyclic amines) is 1. The van der Waals surface area contributed by atoms with Crippen LogP contribution in [0.4, 0.5) is 5.69 Å². The van der Waals surface area contributed by atoms with E-state index in [1.807, 2.05) is 19.2 Å². The second-order valence-corrected chi connectivity index (χ2v) is 5.35. The maximum atomic E-state index is 12.0. The van der Waals surface area contributed by atoms with Crippen molar-refractivity contribution < 1.29 is 4.79 Å². The van der Waals surface area contributed by atoms with Crippen LogP contribution in [-0.2, 0) is 4.79 Å². The van der Waals surface area contributed by atoms with Crippen LogP contribution in [0.5, 0.6) is 0 Å². The van der Waals surface area contributed by atoms with E-state index in [9.17, 15) is 4.79 Å². The summed E-state index contributed by atoms with van der Waals surface area (Å²) in [5, 5.41) is 6.84. The van der Waals surface area contributed by atoms with Crippen molar-refractivity contribution in [1.29, 1.82) is 0 Å². The summed E-state index contributed by atoms with van der Waals surface area (Å²) in [5.41, 5.74) is 0.788. The first-order chi connectivity index (χ1) is 9.17. The molecule has 1 fully saturated rings. The van der Waals surface area contributed by atoms with Gasteiger partial charge in [0.2, 0.25) is 5.91 Å². The van der Waals surface area contributed by atoms with E-state index in [4.69, 9.17) is 11.6 Å². The van der Waals surface area contributed by atoms with Gasteiger partial charge in [0, 0.05) is 23.3 Å². The molecule has 1 heterocycles. The van der Waals surface area contributed by atoms with Crippen LogP contribution in [0, 0.1) is 0 Å². The molecule has 0 aliphatic carbocycles. The Labute approximate surface area is 131 Å². The highest BCUT2D eigenvalue weighted by atomic mass is 35.5. The maximum absolute atomic E-state index is 12.0. The maximum Gasteiger partial charge on any atom is 0.238 e. The molecule has 4 nitrogen and oxygen atoms in total. The molecule has 112 valence electrons. The van der Waals surface area contributed by atoms with Gasteiger partial charge in [0.05, 0.1) is 6.54 Å². The van der Waals surface area contributed by atoms with Crippen molar-refractivity contribution in [2.24, 2.45) is 0 Å². The highest BCUT2D eigenvalue weighted by Crippen LogP contribution is 2.14. The van der Waals surface area contributed by atoms with Crippen LogP contribution in [0.15, 0.2) is 24.3 Å². The van der Waals surface area contributed by atoms with Crippen LogP contribution in [-0.4, -0.2) is 43.5 Å². The van der Waals surface area contributed by atoms with Gasteiger partial charge in [0.1, 0.15) is 0 Å². The third kappa shape index (κ3) is 5.29. The second kappa shape index (κ2) is 8.47. The zero-order chi connectivity index (χ0) is 13.7. The molecular formula is C14H21Cl2N3O. The summed E-state index contributed by atoms with van der Waals surface area (Å²) in [6.07, 6.45) is 2.32. The number of piperidine rings is 1.